The lowest BCUT2D eigenvalue weighted by Crippen LogP contribution is -2.50. The molecule has 0 saturated heterocycles. The molecule has 1 aliphatic rings. The van der Waals surface area contributed by atoms with E-state index in [2.05, 4.69) is 26.6 Å². The minimum Gasteiger partial charge on any atom is -0.337 e. The molecule has 1 fully saturated rings. The Bertz CT molecular complexity index is 807. The Labute approximate surface area is 157 Å². The summed E-state index contributed by atoms with van der Waals surface area (Å²) in [5.74, 6) is 0.593. The second kappa shape index (κ2) is 7.87. The first-order chi connectivity index (χ1) is 12.5. The Hall–Kier alpha value is -2.40. The van der Waals surface area contributed by atoms with Crippen LogP contribution in [0.25, 0.3) is 11.4 Å². The van der Waals surface area contributed by atoms with Crippen molar-refractivity contribution >= 4 is 17.7 Å². The lowest BCUT2D eigenvalue weighted by molar-refractivity contribution is -0.121. The summed E-state index contributed by atoms with van der Waals surface area (Å²) in [6.07, 6.45) is 7.95. The van der Waals surface area contributed by atoms with E-state index in [1.807, 2.05) is 30.7 Å². The number of nitrogens with one attached hydrogen (secondary N) is 1. The van der Waals surface area contributed by atoms with Crippen molar-refractivity contribution in [1.29, 1.82) is 5.26 Å². The van der Waals surface area contributed by atoms with Gasteiger partial charge in [-0.2, -0.15) is 5.26 Å². The summed E-state index contributed by atoms with van der Waals surface area (Å²) >= 11 is 1.34. The number of carbonyl (C=O) groups is 1. The third-order valence-corrected chi connectivity index (χ3v) is 5.84. The number of thioether (sulfide) groups is 1. The van der Waals surface area contributed by atoms with Gasteiger partial charge in [0.25, 0.3) is 0 Å². The van der Waals surface area contributed by atoms with Crippen molar-refractivity contribution in [3.05, 3.63) is 24.5 Å². The highest BCUT2D eigenvalue weighted by molar-refractivity contribution is 8.00. The molecule has 1 aliphatic carbocycles. The summed E-state index contributed by atoms with van der Waals surface area (Å²) in [5, 5.41) is 21.2. The van der Waals surface area contributed by atoms with Crippen molar-refractivity contribution in [1.82, 2.24) is 25.1 Å². The predicted octanol–water partition coefficient (Wildman–Crippen LogP) is 2.70. The standard InChI is InChI=1S/C18H22N6OS/c1-13(16(25)21-18(12-19)8-4-3-5-9-18)26-17-23-22-15(24(17)2)14-6-10-20-11-7-14/h6-7,10-11,13H,3-5,8-9H2,1-2H3,(H,21,25)/t13-/m1/s1. The molecule has 1 amide bonds. The highest BCUT2D eigenvalue weighted by atomic mass is 32.2. The van der Waals surface area contributed by atoms with Crippen LogP contribution in [0.4, 0.5) is 0 Å². The second-order valence-corrected chi connectivity index (χ2v) is 7.91. The molecule has 7 nitrogen and oxygen atoms in total. The predicted molar refractivity (Wildman–Crippen MR) is 99.1 cm³/mol. The number of pyridine rings is 1. The van der Waals surface area contributed by atoms with Crippen molar-refractivity contribution in [2.45, 2.75) is 55.0 Å². The molecule has 2 aromatic rings. The normalized spacial score (nSPS) is 17.3. The van der Waals surface area contributed by atoms with Crippen LogP contribution in [0, 0.1) is 11.3 Å². The molecule has 0 radical (unpaired) electrons. The van der Waals surface area contributed by atoms with Crippen LogP contribution in [0.2, 0.25) is 0 Å². The average Bonchev–Trinajstić information content (AvgIpc) is 3.03. The molecule has 0 unspecified atom stereocenters. The molecule has 1 saturated carbocycles. The fraction of sp³-hybridized carbons (Fsp3) is 0.500. The minimum atomic E-state index is -0.716. The van der Waals surface area contributed by atoms with E-state index in [9.17, 15) is 10.1 Å². The van der Waals surface area contributed by atoms with Crippen LogP contribution in [-0.2, 0) is 11.8 Å². The average molecular weight is 370 g/mol. The van der Waals surface area contributed by atoms with Gasteiger partial charge >= 0.3 is 0 Å². The van der Waals surface area contributed by atoms with Gasteiger partial charge in [0.05, 0.1) is 11.3 Å². The van der Waals surface area contributed by atoms with Crippen LogP contribution in [0.15, 0.2) is 29.7 Å². The monoisotopic (exact) mass is 370 g/mol. The van der Waals surface area contributed by atoms with Gasteiger partial charge in [0.1, 0.15) is 5.54 Å². The van der Waals surface area contributed by atoms with E-state index < -0.39 is 5.54 Å². The van der Waals surface area contributed by atoms with Gasteiger partial charge in [0, 0.05) is 25.0 Å². The molecule has 26 heavy (non-hydrogen) atoms. The van der Waals surface area contributed by atoms with Gasteiger partial charge in [-0.05, 0) is 31.9 Å². The maximum Gasteiger partial charge on any atom is 0.234 e. The van der Waals surface area contributed by atoms with Gasteiger partial charge in [-0.15, -0.1) is 10.2 Å². The van der Waals surface area contributed by atoms with E-state index in [0.29, 0.717) is 5.16 Å². The zero-order valence-electron chi connectivity index (χ0n) is 15.0. The van der Waals surface area contributed by atoms with Crippen LogP contribution in [0.3, 0.4) is 0 Å². The fourth-order valence-corrected chi connectivity index (χ4v) is 3.95. The molecular formula is C18H22N6OS. The topological polar surface area (TPSA) is 96.5 Å². The third-order valence-electron chi connectivity index (χ3n) is 4.71. The number of amides is 1. The Balaban J connectivity index is 1.68. The maximum absolute atomic E-state index is 12.6. The van der Waals surface area contributed by atoms with E-state index in [4.69, 9.17) is 0 Å². The summed E-state index contributed by atoms with van der Waals surface area (Å²) in [7, 11) is 1.88. The summed E-state index contributed by atoms with van der Waals surface area (Å²) in [6, 6.07) is 6.06. The summed E-state index contributed by atoms with van der Waals surface area (Å²) in [4.78, 5) is 16.6. The van der Waals surface area contributed by atoms with E-state index >= 15 is 0 Å². The van der Waals surface area contributed by atoms with E-state index in [-0.39, 0.29) is 11.2 Å². The molecule has 2 aromatic heterocycles. The van der Waals surface area contributed by atoms with Gasteiger partial charge in [0.2, 0.25) is 5.91 Å². The minimum absolute atomic E-state index is 0.132. The smallest absolute Gasteiger partial charge is 0.234 e. The molecule has 1 atom stereocenters. The van der Waals surface area contributed by atoms with Gasteiger partial charge in [-0.1, -0.05) is 31.0 Å². The largest absolute Gasteiger partial charge is 0.337 e. The number of rotatable bonds is 5. The fourth-order valence-electron chi connectivity index (χ4n) is 3.14. The zero-order chi connectivity index (χ0) is 18.6. The highest BCUT2D eigenvalue weighted by Gasteiger charge is 2.35. The number of aromatic nitrogens is 4. The molecule has 0 bridgehead atoms. The van der Waals surface area contributed by atoms with Crippen LogP contribution < -0.4 is 5.32 Å². The second-order valence-electron chi connectivity index (χ2n) is 6.60. The van der Waals surface area contributed by atoms with E-state index in [1.165, 1.54) is 11.8 Å². The van der Waals surface area contributed by atoms with Crippen LogP contribution in [-0.4, -0.2) is 36.4 Å². The number of hydrogen-bond acceptors (Lipinski definition) is 6. The maximum atomic E-state index is 12.6. The Morgan fingerprint density at radius 1 is 1.31 bits per heavy atom. The molecule has 0 aliphatic heterocycles. The molecule has 2 heterocycles. The zero-order valence-corrected chi connectivity index (χ0v) is 15.8. The van der Waals surface area contributed by atoms with E-state index in [0.717, 1.165) is 43.5 Å². The Kier molecular flexibility index (Phi) is 5.57. The van der Waals surface area contributed by atoms with Crippen molar-refractivity contribution in [3.63, 3.8) is 0 Å². The van der Waals surface area contributed by atoms with Gasteiger partial charge in [0.15, 0.2) is 11.0 Å². The first-order valence-electron chi connectivity index (χ1n) is 8.74. The highest BCUT2D eigenvalue weighted by Crippen LogP contribution is 2.29. The van der Waals surface area contributed by atoms with Crippen LogP contribution >= 0.6 is 11.8 Å². The molecule has 3 rings (SSSR count). The Morgan fingerprint density at radius 2 is 2.00 bits per heavy atom. The van der Waals surface area contributed by atoms with E-state index in [1.54, 1.807) is 12.4 Å². The van der Waals surface area contributed by atoms with Gasteiger partial charge in [-0.3, -0.25) is 9.78 Å². The lowest BCUT2D eigenvalue weighted by Gasteiger charge is -2.32. The molecule has 0 spiro atoms. The summed E-state index contributed by atoms with van der Waals surface area (Å²) in [5.41, 5.74) is 0.205. The van der Waals surface area contributed by atoms with Crippen LogP contribution in [0.1, 0.15) is 39.0 Å². The SMILES string of the molecule is C[C@@H](Sc1nnc(-c2ccncc2)n1C)C(=O)NC1(C#N)CCCCC1. The number of nitriles is 1. The molecule has 8 heteroatoms. The third kappa shape index (κ3) is 3.88. The molecular weight excluding hydrogens is 348 g/mol. The first-order valence-corrected chi connectivity index (χ1v) is 9.62. The quantitative estimate of drug-likeness (QED) is 0.813. The van der Waals surface area contributed by atoms with Crippen molar-refractivity contribution in [3.8, 4) is 17.5 Å². The summed E-state index contributed by atoms with van der Waals surface area (Å²) in [6.45, 7) is 1.83. The summed E-state index contributed by atoms with van der Waals surface area (Å²) < 4.78 is 1.87. The molecule has 0 aromatic carbocycles. The first kappa shape index (κ1) is 18.4. The van der Waals surface area contributed by atoms with Crippen molar-refractivity contribution in [2.24, 2.45) is 7.05 Å². The molecule has 136 valence electrons. The van der Waals surface area contributed by atoms with Gasteiger partial charge < -0.3 is 9.88 Å². The Morgan fingerprint density at radius 3 is 2.65 bits per heavy atom. The van der Waals surface area contributed by atoms with Gasteiger partial charge in [-0.25, -0.2) is 0 Å². The van der Waals surface area contributed by atoms with Crippen molar-refractivity contribution < 1.29 is 4.79 Å². The lowest BCUT2D eigenvalue weighted by atomic mass is 9.83. The van der Waals surface area contributed by atoms with Crippen LogP contribution in [0.5, 0.6) is 0 Å². The number of hydrogen-bond donors (Lipinski definition) is 1. The molecule has 1 N–H and O–H groups in total. The number of carbonyl (C=O) groups excluding carboxylic acids is 1. The number of nitrogens with zero attached hydrogens (tertiary/aromatic N) is 5. The van der Waals surface area contributed by atoms with Crippen molar-refractivity contribution in [2.75, 3.05) is 0 Å².